The maximum Gasteiger partial charge on any atom is 0.212 e. The molecule has 0 spiro atoms. The Kier molecular flexibility index (Phi) is 1.48. The van der Waals surface area contributed by atoms with E-state index in [0.717, 1.165) is 6.54 Å². The normalized spacial score (nSPS) is 18.6. The van der Waals surface area contributed by atoms with E-state index < -0.39 is 0 Å². The van der Waals surface area contributed by atoms with Crippen molar-refractivity contribution in [3.63, 3.8) is 0 Å². The second-order valence-corrected chi connectivity index (χ2v) is 2.08. The van der Waals surface area contributed by atoms with Crippen LogP contribution in [0.1, 0.15) is 13.8 Å². The molecule has 0 aromatic rings. The topological polar surface area (TPSA) is 24.3 Å². The summed E-state index contributed by atoms with van der Waals surface area (Å²) >= 11 is 0. The molecule has 0 fully saturated rings. The van der Waals surface area contributed by atoms with E-state index in [1.807, 2.05) is 6.21 Å². The van der Waals surface area contributed by atoms with E-state index in [1.54, 1.807) is 4.74 Å². The van der Waals surface area contributed by atoms with Gasteiger partial charge in [0.05, 0.1) is 0 Å². The van der Waals surface area contributed by atoms with Crippen molar-refractivity contribution in [3.05, 3.63) is 0 Å². The quantitative estimate of drug-likeness (QED) is 0.484. The van der Waals surface area contributed by atoms with E-state index in [1.165, 1.54) is 0 Å². The number of nitrogens with one attached hydrogen (secondary N) is 1. The fourth-order valence-corrected chi connectivity index (χ4v) is 0.593. The lowest BCUT2D eigenvalue weighted by Gasteiger charge is -1.95. The van der Waals surface area contributed by atoms with Crippen LogP contribution in [0.2, 0.25) is 0 Å². The molecule has 0 aliphatic carbocycles. The molecule has 0 atom stereocenters. The molecule has 0 saturated carbocycles. The molecule has 3 nitrogen and oxygen atoms in total. The molecule has 0 bridgehead atoms. The average molecular weight is 115 g/mol. The number of rotatable bonds is 1. The molecule has 0 unspecified atom stereocenters. The predicted molar refractivity (Wildman–Crippen MR) is 30.5 cm³/mol. The van der Waals surface area contributed by atoms with Gasteiger partial charge in [-0.1, -0.05) is 5.48 Å². The predicted octanol–water partition coefficient (Wildman–Crippen LogP) is -0.0721. The molecule has 0 radical (unpaired) electrons. The van der Waals surface area contributed by atoms with Crippen LogP contribution in [0.5, 0.6) is 0 Å². The smallest absolute Gasteiger partial charge is 0.173 e. The highest BCUT2D eigenvalue weighted by Gasteiger charge is 2.15. The Morgan fingerprint density at radius 1 is 1.75 bits per heavy atom. The summed E-state index contributed by atoms with van der Waals surface area (Å²) in [5.74, 6) is 0. The highest BCUT2D eigenvalue weighted by atomic mass is 16.8. The zero-order valence-electron chi connectivity index (χ0n) is 5.22. The fraction of sp³-hybridized carbons (Fsp3) is 0.800. The van der Waals surface area contributed by atoms with Crippen molar-refractivity contribution in [2.24, 2.45) is 0 Å². The third kappa shape index (κ3) is 0.980. The van der Waals surface area contributed by atoms with Gasteiger partial charge in [0, 0.05) is 13.8 Å². The molecule has 8 heavy (non-hydrogen) atoms. The lowest BCUT2D eigenvalue weighted by Crippen LogP contribution is -2.19. The second-order valence-electron chi connectivity index (χ2n) is 2.08. The van der Waals surface area contributed by atoms with Crippen molar-refractivity contribution in [1.82, 2.24) is 5.48 Å². The summed E-state index contributed by atoms with van der Waals surface area (Å²) in [5, 5.41) is 0. The highest BCUT2D eigenvalue weighted by molar-refractivity contribution is 5.53. The van der Waals surface area contributed by atoms with Crippen molar-refractivity contribution < 1.29 is 9.68 Å². The van der Waals surface area contributed by atoms with Gasteiger partial charge in [-0.15, -0.1) is 0 Å². The Labute approximate surface area is 48.9 Å². The monoisotopic (exact) mass is 115 g/mol. The number of hydroxylamine groups is 2. The van der Waals surface area contributed by atoms with Crippen molar-refractivity contribution in [1.29, 1.82) is 0 Å². The third-order valence-corrected chi connectivity index (χ3v) is 1.03. The minimum absolute atomic E-state index is 0.435. The minimum atomic E-state index is 0.435. The summed E-state index contributed by atoms with van der Waals surface area (Å²) in [6.45, 7) is 4.96. The molecule has 1 N–H and O–H groups in total. The van der Waals surface area contributed by atoms with Crippen LogP contribution in [0, 0.1) is 0 Å². The van der Waals surface area contributed by atoms with Crippen LogP contribution in [0.15, 0.2) is 0 Å². The van der Waals surface area contributed by atoms with Crippen LogP contribution in [0.3, 0.4) is 0 Å². The molecule has 46 valence electrons. The number of hydrogen-bond donors (Lipinski definition) is 1. The Morgan fingerprint density at radius 3 is 2.75 bits per heavy atom. The summed E-state index contributed by atoms with van der Waals surface area (Å²) in [6, 6.07) is 0.435. The third-order valence-electron chi connectivity index (χ3n) is 1.03. The molecule has 1 heterocycles. The summed E-state index contributed by atoms with van der Waals surface area (Å²) in [6.07, 6.45) is 1.98. The first-order valence-corrected chi connectivity index (χ1v) is 2.82. The van der Waals surface area contributed by atoms with E-state index >= 15 is 0 Å². The number of nitrogens with zero attached hydrogens (tertiary/aromatic N) is 1. The molecular formula is C5H11N2O+. The first-order chi connectivity index (χ1) is 3.80. The second kappa shape index (κ2) is 2.13. The first kappa shape index (κ1) is 5.56. The van der Waals surface area contributed by atoms with Crippen LogP contribution in [0.4, 0.5) is 0 Å². The van der Waals surface area contributed by atoms with Gasteiger partial charge in [-0.25, -0.2) is 0 Å². The maximum absolute atomic E-state index is 4.94. The molecule has 0 saturated heterocycles. The summed E-state index contributed by atoms with van der Waals surface area (Å²) in [4.78, 5) is 4.94. The van der Waals surface area contributed by atoms with E-state index in [9.17, 15) is 0 Å². The highest BCUT2D eigenvalue weighted by Crippen LogP contribution is 1.89. The van der Waals surface area contributed by atoms with Crippen LogP contribution < -0.4 is 5.48 Å². The number of hydrogen-bond acceptors (Lipinski definition) is 2. The SMILES string of the molecule is CC(C)[N+]1=CCNO1. The van der Waals surface area contributed by atoms with Gasteiger partial charge in [0.25, 0.3) is 0 Å². The van der Waals surface area contributed by atoms with Crippen molar-refractivity contribution in [2.75, 3.05) is 6.54 Å². The van der Waals surface area contributed by atoms with Gasteiger partial charge in [-0.3, -0.25) is 0 Å². The Morgan fingerprint density at radius 2 is 2.50 bits per heavy atom. The molecule has 0 aromatic carbocycles. The van der Waals surface area contributed by atoms with Crippen LogP contribution >= 0.6 is 0 Å². The van der Waals surface area contributed by atoms with Crippen molar-refractivity contribution in [3.8, 4) is 0 Å². The lowest BCUT2D eigenvalue weighted by molar-refractivity contribution is -0.809. The zero-order valence-corrected chi connectivity index (χ0v) is 5.22. The van der Waals surface area contributed by atoms with Gasteiger partial charge in [-0.05, 0) is 4.74 Å². The molecule has 1 rings (SSSR count). The first-order valence-electron chi connectivity index (χ1n) is 2.82. The summed E-state index contributed by atoms with van der Waals surface area (Å²) in [7, 11) is 0. The Bertz CT molecular complexity index is 109. The largest absolute Gasteiger partial charge is 0.212 e. The Hall–Kier alpha value is -0.570. The molecular weight excluding hydrogens is 104 g/mol. The van der Waals surface area contributed by atoms with Crippen LogP contribution in [-0.4, -0.2) is 23.5 Å². The van der Waals surface area contributed by atoms with Gasteiger partial charge in [0.15, 0.2) is 6.04 Å². The van der Waals surface area contributed by atoms with Crippen molar-refractivity contribution >= 4 is 6.21 Å². The standard InChI is InChI=1S/C5H11N2O/c1-5(2)7-4-3-6-8-7/h4-6H,3H2,1-2H3/q+1. The van der Waals surface area contributed by atoms with Crippen LogP contribution in [0.25, 0.3) is 0 Å². The fourth-order valence-electron chi connectivity index (χ4n) is 0.593. The van der Waals surface area contributed by atoms with Gasteiger partial charge < -0.3 is 0 Å². The van der Waals surface area contributed by atoms with Crippen LogP contribution in [-0.2, 0) is 4.94 Å². The molecule has 3 heteroatoms. The summed E-state index contributed by atoms with van der Waals surface area (Å²) < 4.78 is 1.79. The Balaban J connectivity index is 2.45. The van der Waals surface area contributed by atoms with E-state index in [4.69, 9.17) is 4.94 Å². The van der Waals surface area contributed by atoms with E-state index in [0.29, 0.717) is 6.04 Å². The van der Waals surface area contributed by atoms with Gasteiger partial charge in [0.2, 0.25) is 6.21 Å². The van der Waals surface area contributed by atoms with E-state index in [2.05, 4.69) is 19.3 Å². The zero-order chi connectivity index (χ0) is 5.98. The molecule has 0 amide bonds. The van der Waals surface area contributed by atoms with Gasteiger partial charge in [-0.2, -0.15) is 4.94 Å². The molecule has 1 aliphatic rings. The molecule has 0 aromatic heterocycles. The molecule has 1 aliphatic heterocycles. The van der Waals surface area contributed by atoms with Gasteiger partial charge in [0.1, 0.15) is 6.54 Å². The van der Waals surface area contributed by atoms with Gasteiger partial charge >= 0.3 is 0 Å². The average Bonchev–Trinajstić information content (AvgIpc) is 2.12. The minimum Gasteiger partial charge on any atom is -0.173 e. The summed E-state index contributed by atoms with van der Waals surface area (Å²) in [5.41, 5.74) is 2.72. The van der Waals surface area contributed by atoms with Crippen molar-refractivity contribution in [2.45, 2.75) is 19.9 Å². The lowest BCUT2D eigenvalue weighted by atomic mass is 10.4. The maximum atomic E-state index is 4.94. The van der Waals surface area contributed by atoms with E-state index in [-0.39, 0.29) is 0 Å².